The smallest absolute Gasteiger partial charge is 0.236 e. The van der Waals surface area contributed by atoms with Crippen LogP contribution in [-0.2, 0) is 10.2 Å². The number of anilines is 1. The molecule has 1 aromatic heterocycles. The number of carbonyl (C=O) groups is 1. The van der Waals surface area contributed by atoms with E-state index in [1.165, 1.54) is 0 Å². The number of likely N-dealkylation sites (tertiary alicyclic amines) is 1. The van der Waals surface area contributed by atoms with E-state index in [0.717, 1.165) is 11.3 Å². The quantitative estimate of drug-likeness (QED) is 0.934. The molecule has 6 nitrogen and oxygen atoms in total. The normalized spacial score (nSPS) is 25.3. The molecule has 3 heterocycles. The van der Waals surface area contributed by atoms with Crippen LogP contribution in [-0.4, -0.2) is 35.1 Å². The van der Waals surface area contributed by atoms with Crippen molar-refractivity contribution in [1.29, 1.82) is 5.26 Å². The van der Waals surface area contributed by atoms with Crippen LogP contribution in [0.5, 0.6) is 5.75 Å². The van der Waals surface area contributed by atoms with Crippen LogP contribution in [0.1, 0.15) is 12.0 Å². The predicted octanol–water partition coefficient (Wildman–Crippen LogP) is 1.91. The molecule has 0 unspecified atom stereocenters. The molecular formula is C18H16N4O2. The lowest BCUT2D eigenvalue weighted by Gasteiger charge is -2.22. The molecule has 2 aliphatic heterocycles. The minimum Gasteiger partial charge on any atom is -0.476 e. The SMILES string of the molecule is N#C[C@@H]1C[C@@]2(CN1COc1cccnc1)C(=O)Nc1ccccc12. The van der Waals surface area contributed by atoms with Crippen molar-refractivity contribution >= 4 is 11.6 Å². The van der Waals surface area contributed by atoms with E-state index < -0.39 is 5.41 Å². The summed E-state index contributed by atoms with van der Waals surface area (Å²) in [6.07, 6.45) is 3.78. The number of nitrogens with one attached hydrogen (secondary N) is 1. The molecule has 0 aliphatic carbocycles. The highest BCUT2D eigenvalue weighted by Gasteiger charge is 2.54. The Hall–Kier alpha value is -2.91. The van der Waals surface area contributed by atoms with Gasteiger partial charge in [-0.1, -0.05) is 18.2 Å². The maximum Gasteiger partial charge on any atom is 0.236 e. The van der Waals surface area contributed by atoms with Gasteiger partial charge in [-0.3, -0.25) is 14.7 Å². The van der Waals surface area contributed by atoms with Crippen LogP contribution in [0, 0.1) is 11.3 Å². The minimum absolute atomic E-state index is 0.0344. The number of hydrogen-bond donors (Lipinski definition) is 1. The molecule has 1 N–H and O–H groups in total. The molecule has 24 heavy (non-hydrogen) atoms. The molecule has 0 bridgehead atoms. The molecule has 6 heteroatoms. The Balaban J connectivity index is 1.58. The van der Waals surface area contributed by atoms with E-state index in [0.29, 0.717) is 18.7 Å². The summed E-state index contributed by atoms with van der Waals surface area (Å²) in [5.41, 5.74) is 1.14. The first-order valence-corrected chi connectivity index (χ1v) is 7.80. The van der Waals surface area contributed by atoms with Crippen molar-refractivity contribution in [3.63, 3.8) is 0 Å². The monoisotopic (exact) mass is 320 g/mol. The van der Waals surface area contributed by atoms with Gasteiger partial charge in [0.1, 0.15) is 18.5 Å². The van der Waals surface area contributed by atoms with E-state index in [2.05, 4.69) is 16.4 Å². The second kappa shape index (κ2) is 5.62. The molecule has 2 atom stereocenters. The van der Waals surface area contributed by atoms with E-state index in [4.69, 9.17) is 4.74 Å². The standard InChI is InChI=1S/C18H16N4O2/c19-9-13-8-18(15-5-1-2-6-16(15)21-17(18)23)11-22(13)12-24-14-4-3-7-20-10-14/h1-7,10,13H,8,11-12H2,(H,21,23)/t13-,18-/m0/s1. The number of amides is 1. The van der Waals surface area contributed by atoms with Crippen molar-refractivity contribution < 1.29 is 9.53 Å². The maximum absolute atomic E-state index is 12.6. The number of pyridine rings is 1. The fourth-order valence-corrected chi connectivity index (χ4v) is 3.57. The first-order chi connectivity index (χ1) is 11.7. The van der Waals surface area contributed by atoms with Crippen molar-refractivity contribution in [3.05, 3.63) is 54.4 Å². The van der Waals surface area contributed by atoms with E-state index >= 15 is 0 Å². The highest BCUT2D eigenvalue weighted by Crippen LogP contribution is 2.46. The number of nitriles is 1. The van der Waals surface area contributed by atoms with Gasteiger partial charge in [0.25, 0.3) is 0 Å². The van der Waals surface area contributed by atoms with E-state index in [1.54, 1.807) is 18.5 Å². The number of aromatic nitrogens is 1. The molecule has 2 aromatic rings. The van der Waals surface area contributed by atoms with Gasteiger partial charge in [-0.25, -0.2) is 0 Å². The zero-order valence-electron chi connectivity index (χ0n) is 13.0. The summed E-state index contributed by atoms with van der Waals surface area (Å²) in [5, 5.41) is 12.5. The molecule has 120 valence electrons. The zero-order valence-corrected chi connectivity index (χ0v) is 13.0. The zero-order chi connectivity index (χ0) is 16.6. The molecule has 1 saturated heterocycles. The summed E-state index contributed by atoms with van der Waals surface area (Å²) in [6.45, 7) is 0.718. The first kappa shape index (κ1) is 14.7. The average molecular weight is 320 g/mol. The molecule has 4 rings (SSSR count). The van der Waals surface area contributed by atoms with Gasteiger partial charge >= 0.3 is 0 Å². The summed E-state index contributed by atoms with van der Waals surface area (Å²) < 4.78 is 5.73. The fraction of sp³-hybridized carbons (Fsp3) is 0.278. The lowest BCUT2D eigenvalue weighted by atomic mass is 9.80. The largest absolute Gasteiger partial charge is 0.476 e. The summed E-state index contributed by atoms with van der Waals surface area (Å²) in [5.74, 6) is 0.610. The fourth-order valence-electron chi connectivity index (χ4n) is 3.57. The third-order valence-electron chi connectivity index (χ3n) is 4.76. The van der Waals surface area contributed by atoms with Gasteiger partial charge in [-0.15, -0.1) is 0 Å². The van der Waals surface area contributed by atoms with Gasteiger partial charge in [0.05, 0.1) is 17.7 Å². The third kappa shape index (κ3) is 2.22. The lowest BCUT2D eigenvalue weighted by molar-refractivity contribution is -0.120. The summed E-state index contributed by atoms with van der Waals surface area (Å²) >= 11 is 0. The molecule has 1 aromatic carbocycles. The highest BCUT2D eigenvalue weighted by molar-refractivity contribution is 6.06. The molecule has 1 spiro atoms. The second-order valence-electron chi connectivity index (χ2n) is 6.14. The van der Waals surface area contributed by atoms with Crippen LogP contribution in [0.2, 0.25) is 0 Å². The number of ether oxygens (including phenoxy) is 1. The molecule has 1 fully saturated rings. The second-order valence-corrected chi connectivity index (χ2v) is 6.14. The van der Waals surface area contributed by atoms with Crippen molar-refractivity contribution in [2.45, 2.75) is 17.9 Å². The van der Waals surface area contributed by atoms with Crippen LogP contribution in [0.4, 0.5) is 5.69 Å². The Bertz CT molecular complexity index is 817. The van der Waals surface area contributed by atoms with E-state index in [9.17, 15) is 10.1 Å². The highest BCUT2D eigenvalue weighted by atomic mass is 16.5. The maximum atomic E-state index is 12.6. The van der Waals surface area contributed by atoms with Crippen LogP contribution >= 0.6 is 0 Å². The first-order valence-electron chi connectivity index (χ1n) is 7.80. The van der Waals surface area contributed by atoms with Crippen LogP contribution in [0.25, 0.3) is 0 Å². The van der Waals surface area contributed by atoms with Gasteiger partial charge in [0, 0.05) is 18.4 Å². The van der Waals surface area contributed by atoms with Crippen LogP contribution in [0.15, 0.2) is 48.8 Å². The summed E-state index contributed by atoms with van der Waals surface area (Å²) in [6, 6.07) is 13.2. The Morgan fingerprint density at radius 2 is 2.25 bits per heavy atom. The number of para-hydroxylation sites is 1. The molecule has 0 radical (unpaired) electrons. The predicted molar refractivity (Wildman–Crippen MR) is 87.2 cm³/mol. The average Bonchev–Trinajstić information content (AvgIpc) is 3.13. The molecule has 0 saturated carbocycles. The number of rotatable bonds is 3. The Morgan fingerprint density at radius 3 is 3.04 bits per heavy atom. The summed E-state index contributed by atoms with van der Waals surface area (Å²) in [4.78, 5) is 18.6. The van der Waals surface area contributed by atoms with E-state index in [-0.39, 0.29) is 18.7 Å². The number of fused-ring (bicyclic) bond motifs is 2. The third-order valence-corrected chi connectivity index (χ3v) is 4.76. The molecule has 2 aliphatic rings. The summed E-state index contributed by atoms with van der Waals surface area (Å²) in [7, 11) is 0. The van der Waals surface area contributed by atoms with Gasteiger partial charge < -0.3 is 10.1 Å². The van der Waals surface area contributed by atoms with Gasteiger partial charge in [-0.2, -0.15) is 5.26 Å². The van der Waals surface area contributed by atoms with E-state index in [1.807, 2.05) is 35.2 Å². The number of nitrogens with zero attached hydrogens (tertiary/aromatic N) is 3. The van der Waals surface area contributed by atoms with Crippen molar-refractivity contribution in [2.24, 2.45) is 0 Å². The van der Waals surface area contributed by atoms with Gasteiger partial charge in [0.2, 0.25) is 5.91 Å². The van der Waals surface area contributed by atoms with Crippen molar-refractivity contribution in [3.8, 4) is 11.8 Å². The number of hydrogen-bond acceptors (Lipinski definition) is 5. The topological polar surface area (TPSA) is 78.2 Å². The lowest BCUT2D eigenvalue weighted by Crippen LogP contribution is -2.38. The van der Waals surface area contributed by atoms with Crippen molar-refractivity contribution in [1.82, 2.24) is 9.88 Å². The number of benzene rings is 1. The molecular weight excluding hydrogens is 304 g/mol. The van der Waals surface area contributed by atoms with Crippen molar-refractivity contribution in [2.75, 3.05) is 18.6 Å². The Morgan fingerprint density at radius 1 is 1.38 bits per heavy atom. The van der Waals surface area contributed by atoms with Gasteiger partial charge in [-0.05, 0) is 30.2 Å². The molecule has 1 amide bonds. The Labute approximate surface area is 139 Å². The minimum atomic E-state index is -0.671. The number of carbonyl (C=O) groups excluding carboxylic acids is 1. The Kier molecular flexibility index (Phi) is 3.44. The van der Waals surface area contributed by atoms with Crippen LogP contribution in [0.3, 0.4) is 0 Å². The van der Waals surface area contributed by atoms with Gasteiger partial charge in [0.15, 0.2) is 0 Å². The van der Waals surface area contributed by atoms with Crippen LogP contribution < -0.4 is 10.1 Å².